The number of aryl methyl sites for hydroxylation is 2. The molecule has 0 spiro atoms. The minimum atomic E-state index is -0.269. The molecular weight excluding hydrogens is 352 g/mol. The van der Waals surface area contributed by atoms with Crippen LogP contribution in [0.15, 0.2) is 42.6 Å². The topological polar surface area (TPSA) is 79.5 Å². The van der Waals surface area contributed by atoms with E-state index >= 15 is 0 Å². The first-order valence-corrected chi connectivity index (χ1v) is 9.84. The summed E-state index contributed by atoms with van der Waals surface area (Å²) in [5.41, 5.74) is 9.09. The monoisotopic (exact) mass is 378 g/mol. The second-order valence-electron chi connectivity index (χ2n) is 7.91. The number of aromatic nitrogens is 1. The van der Waals surface area contributed by atoms with E-state index in [1.54, 1.807) is 6.20 Å². The van der Waals surface area contributed by atoms with E-state index in [9.17, 15) is 9.59 Å². The van der Waals surface area contributed by atoms with E-state index < -0.39 is 0 Å². The first kappa shape index (κ1) is 18.5. The number of nitrogens with zero attached hydrogens (tertiary/aromatic N) is 3. The number of hydrogen-bond acceptors (Lipinski definition) is 4. The Morgan fingerprint density at radius 1 is 1.11 bits per heavy atom. The molecule has 3 heterocycles. The van der Waals surface area contributed by atoms with Crippen molar-refractivity contribution < 1.29 is 9.59 Å². The zero-order valence-corrected chi connectivity index (χ0v) is 16.2. The Labute approximate surface area is 165 Å². The number of carbonyl (C=O) groups is 2. The van der Waals surface area contributed by atoms with Crippen molar-refractivity contribution in [2.75, 3.05) is 31.1 Å². The Hall–Kier alpha value is -2.89. The summed E-state index contributed by atoms with van der Waals surface area (Å²) in [5, 5.41) is 0. The maximum Gasteiger partial charge on any atom is 0.255 e. The minimum absolute atomic E-state index is 0.0972. The third-order valence-corrected chi connectivity index (χ3v) is 5.95. The molecule has 28 heavy (non-hydrogen) atoms. The average molecular weight is 378 g/mol. The Morgan fingerprint density at radius 3 is 2.54 bits per heavy atom. The summed E-state index contributed by atoms with van der Waals surface area (Å²) in [6, 6.07) is 12.1. The van der Waals surface area contributed by atoms with Crippen LogP contribution < -0.4 is 10.6 Å². The summed E-state index contributed by atoms with van der Waals surface area (Å²) in [4.78, 5) is 32.5. The van der Waals surface area contributed by atoms with Crippen LogP contribution in [0.2, 0.25) is 0 Å². The lowest BCUT2D eigenvalue weighted by molar-refractivity contribution is -0.117. The van der Waals surface area contributed by atoms with Gasteiger partial charge in [0.25, 0.3) is 5.91 Å². The van der Waals surface area contributed by atoms with Crippen molar-refractivity contribution >= 4 is 17.5 Å². The maximum absolute atomic E-state index is 12.9. The molecule has 2 aliphatic heterocycles. The Morgan fingerprint density at radius 2 is 1.86 bits per heavy atom. The molecule has 2 saturated heterocycles. The number of likely N-dealkylation sites (tertiary alicyclic amines) is 1. The number of anilines is 1. The number of nitrogens with two attached hydrogens (primary N) is 1. The molecule has 2 amide bonds. The molecule has 4 rings (SSSR count). The van der Waals surface area contributed by atoms with Crippen LogP contribution in [0.3, 0.4) is 0 Å². The minimum Gasteiger partial charge on any atom is -0.371 e. The van der Waals surface area contributed by atoms with Gasteiger partial charge >= 0.3 is 0 Å². The van der Waals surface area contributed by atoms with Crippen LogP contribution in [-0.4, -0.2) is 47.9 Å². The van der Waals surface area contributed by atoms with Gasteiger partial charge in [0, 0.05) is 62.0 Å². The van der Waals surface area contributed by atoms with Gasteiger partial charge in [-0.05, 0) is 43.2 Å². The van der Waals surface area contributed by atoms with Gasteiger partial charge in [0.1, 0.15) is 0 Å². The van der Waals surface area contributed by atoms with Gasteiger partial charge in [-0.1, -0.05) is 12.1 Å². The summed E-state index contributed by atoms with van der Waals surface area (Å²) < 4.78 is 0. The fourth-order valence-corrected chi connectivity index (χ4v) is 4.43. The first-order valence-electron chi connectivity index (χ1n) is 9.84. The van der Waals surface area contributed by atoms with Gasteiger partial charge in [-0.15, -0.1) is 0 Å². The van der Waals surface area contributed by atoms with Crippen LogP contribution in [0.5, 0.6) is 0 Å². The number of primary amides is 1. The molecule has 0 bridgehead atoms. The van der Waals surface area contributed by atoms with Crippen molar-refractivity contribution in [2.45, 2.75) is 19.8 Å². The van der Waals surface area contributed by atoms with Crippen molar-refractivity contribution in [3.05, 3.63) is 59.4 Å². The fraction of sp³-hybridized carbons (Fsp3) is 0.409. The van der Waals surface area contributed by atoms with Crippen LogP contribution in [0.1, 0.15) is 28.0 Å². The number of rotatable bonds is 5. The Bertz CT molecular complexity index is 884. The van der Waals surface area contributed by atoms with E-state index in [-0.39, 0.29) is 11.8 Å². The molecule has 2 atom stereocenters. The molecule has 6 heteroatoms. The van der Waals surface area contributed by atoms with Crippen LogP contribution >= 0.6 is 0 Å². The summed E-state index contributed by atoms with van der Waals surface area (Å²) in [7, 11) is 0. The quantitative estimate of drug-likeness (QED) is 0.863. The summed E-state index contributed by atoms with van der Waals surface area (Å²) in [6.07, 6.45) is 2.77. The zero-order chi connectivity index (χ0) is 19.7. The first-order chi connectivity index (χ1) is 13.5. The van der Waals surface area contributed by atoms with Crippen LogP contribution in [0, 0.1) is 18.8 Å². The Balaban J connectivity index is 1.39. The molecule has 1 aromatic heterocycles. The van der Waals surface area contributed by atoms with Gasteiger partial charge in [0.2, 0.25) is 5.91 Å². The highest BCUT2D eigenvalue weighted by Crippen LogP contribution is 2.35. The van der Waals surface area contributed by atoms with E-state index in [2.05, 4.69) is 22.0 Å². The molecule has 0 radical (unpaired) electrons. The smallest absolute Gasteiger partial charge is 0.255 e. The number of benzene rings is 1. The van der Waals surface area contributed by atoms with Crippen molar-refractivity contribution in [1.29, 1.82) is 0 Å². The third-order valence-electron chi connectivity index (χ3n) is 5.95. The van der Waals surface area contributed by atoms with Crippen LogP contribution in [0.25, 0.3) is 0 Å². The lowest BCUT2D eigenvalue weighted by Crippen LogP contribution is -2.33. The van der Waals surface area contributed by atoms with Crippen molar-refractivity contribution in [3.8, 4) is 0 Å². The molecule has 146 valence electrons. The van der Waals surface area contributed by atoms with Gasteiger partial charge < -0.3 is 15.5 Å². The zero-order valence-electron chi connectivity index (χ0n) is 16.2. The molecule has 0 saturated carbocycles. The van der Waals surface area contributed by atoms with Gasteiger partial charge in [-0.25, -0.2) is 0 Å². The van der Waals surface area contributed by atoms with Crippen molar-refractivity contribution in [1.82, 2.24) is 9.88 Å². The molecule has 2 fully saturated rings. The third kappa shape index (κ3) is 3.72. The second-order valence-corrected chi connectivity index (χ2v) is 7.91. The lowest BCUT2D eigenvalue weighted by Gasteiger charge is -2.24. The average Bonchev–Trinajstić information content (AvgIpc) is 3.26. The molecule has 6 nitrogen and oxygen atoms in total. The molecule has 1 aromatic carbocycles. The molecular formula is C22H26N4O2. The molecule has 2 aliphatic rings. The largest absolute Gasteiger partial charge is 0.371 e. The standard InChI is InChI=1S/C22H26N4O2/c1-15-20(6-3-9-24-15)22(28)26-13-17-11-25(12-18(17)14-26)19-5-2-4-16(10-19)7-8-21(23)27/h2-6,9-10,17-18H,7-8,11-14H2,1H3,(H2,23,27). The van der Waals surface area contributed by atoms with Crippen molar-refractivity contribution in [3.63, 3.8) is 0 Å². The highest BCUT2D eigenvalue weighted by atomic mass is 16.2. The number of amides is 2. The predicted molar refractivity (Wildman–Crippen MR) is 108 cm³/mol. The molecule has 0 aliphatic carbocycles. The lowest BCUT2D eigenvalue weighted by atomic mass is 10.0. The molecule has 2 N–H and O–H groups in total. The number of hydrogen-bond donors (Lipinski definition) is 1. The van der Waals surface area contributed by atoms with E-state index in [1.165, 1.54) is 5.69 Å². The molecule has 2 unspecified atom stereocenters. The SMILES string of the molecule is Cc1ncccc1C(=O)N1CC2CN(c3cccc(CCC(N)=O)c3)CC2C1. The number of pyridine rings is 1. The van der Waals surface area contributed by atoms with Crippen LogP contribution in [-0.2, 0) is 11.2 Å². The number of fused-ring (bicyclic) bond motifs is 1. The Kier molecular flexibility index (Phi) is 5.03. The number of carbonyl (C=O) groups excluding carboxylic acids is 2. The van der Waals surface area contributed by atoms with Gasteiger partial charge in [-0.3, -0.25) is 14.6 Å². The maximum atomic E-state index is 12.9. The van der Waals surface area contributed by atoms with Gasteiger partial charge in [0.15, 0.2) is 0 Å². The van der Waals surface area contributed by atoms with Gasteiger partial charge in [0.05, 0.1) is 5.56 Å². The summed E-state index contributed by atoms with van der Waals surface area (Å²) in [6.45, 7) is 5.40. The van der Waals surface area contributed by atoms with Gasteiger partial charge in [-0.2, -0.15) is 0 Å². The predicted octanol–water partition coefficient (Wildman–Crippen LogP) is 2.02. The van der Waals surface area contributed by atoms with E-state index in [0.717, 1.165) is 37.4 Å². The highest BCUT2D eigenvalue weighted by Gasteiger charge is 2.42. The normalized spacial score (nSPS) is 21.0. The van der Waals surface area contributed by atoms with Crippen LogP contribution in [0.4, 0.5) is 5.69 Å². The van der Waals surface area contributed by atoms with E-state index in [4.69, 9.17) is 5.73 Å². The van der Waals surface area contributed by atoms with Crippen molar-refractivity contribution in [2.24, 2.45) is 17.6 Å². The highest BCUT2D eigenvalue weighted by molar-refractivity contribution is 5.95. The van der Waals surface area contributed by atoms with E-state index in [1.807, 2.05) is 36.1 Å². The summed E-state index contributed by atoms with van der Waals surface area (Å²) >= 11 is 0. The van der Waals surface area contributed by atoms with E-state index in [0.29, 0.717) is 30.2 Å². The fourth-order valence-electron chi connectivity index (χ4n) is 4.43. The summed E-state index contributed by atoms with van der Waals surface area (Å²) in [5.74, 6) is 0.820. The second kappa shape index (κ2) is 7.62. The molecule has 2 aromatic rings.